The summed E-state index contributed by atoms with van der Waals surface area (Å²) >= 11 is -1.58. The molecule has 0 aliphatic heterocycles. The lowest BCUT2D eigenvalue weighted by molar-refractivity contribution is 0.276. The van der Waals surface area contributed by atoms with Crippen LogP contribution in [0.1, 0.15) is 64.7 Å². The lowest BCUT2D eigenvalue weighted by Gasteiger charge is -1.99. The zero-order valence-electron chi connectivity index (χ0n) is 14.2. The van der Waals surface area contributed by atoms with Crippen LogP contribution < -0.4 is 0 Å². The van der Waals surface area contributed by atoms with Crippen molar-refractivity contribution >= 4 is 11.4 Å². The van der Waals surface area contributed by atoms with Crippen molar-refractivity contribution < 1.29 is 12.6 Å². The van der Waals surface area contributed by atoms with Gasteiger partial charge in [-0.3, -0.25) is 8.37 Å². The van der Waals surface area contributed by atoms with E-state index in [1.54, 1.807) is 0 Å². The summed E-state index contributed by atoms with van der Waals surface area (Å²) in [7, 11) is 1.37. The van der Waals surface area contributed by atoms with E-state index in [0.29, 0.717) is 6.61 Å². The van der Waals surface area contributed by atoms with E-state index < -0.39 is 11.4 Å². The predicted molar refractivity (Wildman–Crippen MR) is 95.8 cm³/mol. The summed E-state index contributed by atoms with van der Waals surface area (Å²) < 4.78 is 20.2. The minimum absolute atomic E-state index is 0.485. The van der Waals surface area contributed by atoms with Crippen molar-refractivity contribution in [2.75, 3.05) is 13.7 Å². The molecular weight excluding hydrogens is 296 g/mol. The first-order valence-electron chi connectivity index (χ1n) is 8.35. The van der Waals surface area contributed by atoms with E-state index >= 15 is 0 Å². The topological polar surface area (TPSA) is 35.5 Å². The molecule has 3 nitrogen and oxygen atoms in total. The SMILES string of the molecule is CCCCC/C=C/C/C=C/C/C=C/CCCCOS(=O)OC. The Hall–Kier alpha value is -0.710. The smallest absolute Gasteiger partial charge is 0.272 e. The first-order chi connectivity index (χ1) is 10.8. The molecule has 0 aromatic heterocycles. The number of hydrogen-bond acceptors (Lipinski definition) is 3. The van der Waals surface area contributed by atoms with E-state index in [4.69, 9.17) is 4.18 Å². The van der Waals surface area contributed by atoms with Crippen LogP contribution in [0.25, 0.3) is 0 Å². The zero-order valence-corrected chi connectivity index (χ0v) is 15.0. The minimum atomic E-state index is -1.58. The molecule has 0 saturated carbocycles. The number of unbranched alkanes of at least 4 members (excludes halogenated alkanes) is 5. The molecule has 0 bridgehead atoms. The third kappa shape index (κ3) is 17.3. The molecule has 0 N–H and O–H groups in total. The average Bonchev–Trinajstić information content (AvgIpc) is 2.54. The molecule has 0 aromatic rings. The Morgan fingerprint density at radius 2 is 1.36 bits per heavy atom. The maximum atomic E-state index is 10.8. The molecule has 4 heteroatoms. The Morgan fingerprint density at radius 1 is 0.818 bits per heavy atom. The number of hydrogen-bond donors (Lipinski definition) is 0. The Bertz CT molecular complexity index is 335. The third-order valence-electron chi connectivity index (χ3n) is 3.10. The summed E-state index contributed by atoms with van der Waals surface area (Å²) in [5.41, 5.74) is 0. The summed E-state index contributed by atoms with van der Waals surface area (Å²) in [5.74, 6) is 0. The molecule has 0 amide bonds. The molecule has 0 aliphatic rings. The van der Waals surface area contributed by atoms with Gasteiger partial charge in [0.25, 0.3) is 0 Å². The summed E-state index contributed by atoms with van der Waals surface area (Å²) in [5, 5.41) is 0. The lowest BCUT2D eigenvalue weighted by atomic mass is 10.2. The van der Waals surface area contributed by atoms with Crippen molar-refractivity contribution in [1.82, 2.24) is 0 Å². The molecule has 0 heterocycles. The molecule has 0 radical (unpaired) electrons. The summed E-state index contributed by atoms with van der Waals surface area (Å²) in [4.78, 5) is 0. The minimum Gasteiger partial charge on any atom is -0.272 e. The molecule has 0 rings (SSSR count). The van der Waals surface area contributed by atoms with Crippen LogP contribution in [0.5, 0.6) is 0 Å². The third-order valence-corrected chi connectivity index (χ3v) is 3.73. The van der Waals surface area contributed by atoms with Crippen molar-refractivity contribution in [2.45, 2.75) is 64.7 Å². The Kier molecular flexibility index (Phi) is 17.7. The van der Waals surface area contributed by atoms with Gasteiger partial charge in [0.2, 0.25) is 0 Å². The van der Waals surface area contributed by atoms with Crippen LogP contribution in [-0.2, 0) is 19.7 Å². The molecule has 0 fully saturated rings. The summed E-state index contributed by atoms with van der Waals surface area (Å²) in [6.45, 7) is 2.72. The second-order valence-electron chi connectivity index (χ2n) is 5.07. The predicted octanol–water partition coefficient (Wildman–Crippen LogP) is 5.43. The molecule has 0 spiro atoms. The van der Waals surface area contributed by atoms with Crippen LogP contribution in [0, 0.1) is 0 Å². The van der Waals surface area contributed by atoms with E-state index in [0.717, 1.165) is 32.1 Å². The molecule has 22 heavy (non-hydrogen) atoms. The van der Waals surface area contributed by atoms with Gasteiger partial charge in [-0.2, -0.15) is 4.21 Å². The Morgan fingerprint density at radius 3 is 1.91 bits per heavy atom. The fourth-order valence-corrected chi connectivity index (χ4v) is 2.18. The molecular formula is C18H32O3S. The summed E-state index contributed by atoms with van der Waals surface area (Å²) in [6, 6.07) is 0. The van der Waals surface area contributed by atoms with Gasteiger partial charge in [0.1, 0.15) is 0 Å². The monoisotopic (exact) mass is 328 g/mol. The second-order valence-corrected chi connectivity index (χ2v) is 6.05. The Labute approximate surface area is 139 Å². The van der Waals surface area contributed by atoms with Gasteiger partial charge in [0.15, 0.2) is 0 Å². The number of rotatable bonds is 15. The van der Waals surface area contributed by atoms with Gasteiger partial charge in [0, 0.05) is 0 Å². The normalized spacial score (nSPS) is 13.7. The zero-order chi connectivity index (χ0) is 16.3. The fraction of sp³-hybridized carbons (Fsp3) is 0.667. The van der Waals surface area contributed by atoms with Crippen LogP contribution >= 0.6 is 0 Å². The van der Waals surface area contributed by atoms with Crippen molar-refractivity contribution in [1.29, 1.82) is 0 Å². The van der Waals surface area contributed by atoms with Crippen LogP contribution in [0.4, 0.5) is 0 Å². The van der Waals surface area contributed by atoms with Gasteiger partial charge in [0.05, 0.1) is 13.7 Å². The van der Waals surface area contributed by atoms with E-state index in [1.165, 1.54) is 32.8 Å². The standard InChI is InChI=1S/C18H32O3S/c1-3-4-5-6-7-8-9-10-11-12-13-14-15-16-17-18-21-22(19)20-2/h7-8,10-11,13-14H,3-6,9,12,15-18H2,1-2H3/b8-7+,11-10+,14-13+. The molecule has 1 atom stereocenters. The largest absolute Gasteiger partial charge is 0.304 e. The van der Waals surface area contributed by atoms with E-state index in [9.17, 15) is 4.21 Å². The van der Waals surface area contributed by atoms with Crippen molar-refractivity contribution in [2.24, 2.45) is 0 Å². The maximum absolute atomic E-state index is 10.8. The lowest BCUT2D eigenvalue weighted by Crippen LogP contribution is -2.00. The van der Waals surface area contributed by atoms with E-state index in [1.807, 2.05) is 0 Å². The van der Waals surface area contributed by atoms with Gasteiger partial charge in [-0.15, -0.1) is 0 Å². The summed E-state index contributed by atoms with van der Waals surface area (Å²) in [6.07, 6.45) is 23.5. The molecule has 0 aromatic carbocycles. The first kappa shape index (κ1) is 21.3. The van der Waals surface area contributed by atoms with E-state index in [-0.39, 0.29) is 0 Å². The molecule has 1 unspecified atom stereocenters. The number of allylic oxidation sites excluding steroid dienone is 6. The van der Waals surface area contributed by atoms with Gasteiger partial charge in [-0.1, -0.05) is 56.2 Å². The van der Waals surface area contributed by atoms with Gasteiger partial charge < -0.3 is 0 Å². The van der Waals surface area contributed by atoms with Gasteiger partial charge in [-0.25, -0.2) is 0 Å². The van der Waals surface area contributed by atoms with Crippen molar-refractivity contribution in [3.05, 3.63) is 36.5 Å². The quantitative estimate of drug-likeness (QED) is 0.297. The van der Waals surface area contributed by atoms with Crippen LogP contribution in [0.15, 0.2) is 36.5 Å². The highest BCUT2D eigenvalue weighted by Gasteiger charge is 1.95. The highest BCUT2D eigenvalue weighted by atomic mass is 32.2. The van der Waals surface area contributed by atoms with Crippen molar-refractivity contribution in [3.8, 4) is 0 Å². The molecule has 128 valence electrons. The average molecular weight is 329 g/mol. The van der Waals surface area contributed by atoms with Crippen LogP contribution in [0.3, 0.4) is 0 Å². The highest BCUT2D eigenvalue weighted by molar-refractivity contribution is 7.75. The molecule has 0 aliphatic carbocycles. The first-order valence-corrected chi connectivity index (χ1v) is 9.35. The van der Waals surface area contributed by atoms with Gasteiger partial charge >= 0.3 is 11.4 Å². The van der Waals surface area contributed by atoms with Crippen LogP contribution in [0.2, 0.25) is 0 Å². The highest BCUT2D eigenvalue weighted by Crippen LogP contribution is 2.02. The second kappa shape index (κ2) is 18.3. The maximum Gasteiger partial charge on any atom is 0.304 e. The fourth-order valence-electron chi connectivity index (χ4n) is 1.83. The Balaban J connectivity index is 3.32. The van der Waals surface area contributed by atoms with Crippen LogP contribution in [-0.4, -0.2) is 17.9 Å². The van der Waals surface area contributed by atoms with E-state index in [2.05, 4.69) is 47.6 Å². The van der Waals surface area contributed by atoms with Crippen molar-refractivity contribution in [3.63, 3.8) is 0 Å². The molecule has 0 saturated heterocycles. The van der Waals surface area contributed by atoms with Gasteiger partial charge in [-0.05, 0) is 44.9 Å².